The average molecular weight is 1140 g/mol. The highest BCUT2D eigenvalue weighted by Gasteiger charge is 2.20. The van der Waals surface area contributed by atoms with Crippen LogP contribution in [0.25, 0.3) is 0 Å². The molecule has 1 amide bonds. The standard InChI is InChI=1S/C75H143NO5/c1-3-5-7-9-11-13-15-16-17-42-45-49-53-57-61-65-69-75(80)81-70-66-62-58-54-50-46-43-40-38-36-34-32-30-28-26-24-22-20-18-19-21-23-25-27-29-31-33-35-37-39-41-44-48-52-56-60-64-68-74(79)76-72(71-77)73(78)67-63-59-55-51-47-14-12-10-8-6-4-2/h13,15,17-18,20,42,72-73,77-78H,3-12,14,16,19,21-41,43-71H2,1-2H3,(H,76,79)/b15-13-,20-18-,42-17-. The van der Waals surface area contributed by atoms with Gasteiger partial charge >= 0.3 is 5.97 Å². The highest BCUT2D eigenvalue weighted by atomic mass is 16.5. The van der Waals surface area contributed by atoms with Crippen molar-refractivity contribution in [2.75, 3.05) is 13.2 Å². The van der Waals surface area contributed by atoms with Crippen LogP contribution in [-0.4, -0.2) is 47.4 Å². The first-order chi connectivity index (χ1) is 40.0. The minimum Gasteiger partial charge on any atom is -0.466 e. The van der Waals surface area contributed by atoms with Crippen LogP contribution in [0.1, 0.15) is 406 Å². The molecule has 2 unspecified atom stereocenters. The summed E-state index contributed by atoms with van der Waals surface area (Å²) >= 11 is 0. The average Bonchev–Trinajstić information content (AvgIpc) is 3.47. The molecule has 0 aliphatic carbocycles. The van der Waals surface area contributed by atoms with Crippen molar-refractivity contribution in [3.63, 3.8) is 0 Å². The molecule has 2 atom stereocenters. The smallest absolute Gasteiger partial charge is 0.305 e. The third-order valence-electron chi connectivity index (χ3n) is 17.2. The number of hydrogen-bond acceptors (Lipinski definition) is 5. The molecule has 0 heterocycles. The predicted octanol–water partition coefficient (Wildman–Crippen LogP) is 23.9. The number of ether oxygens (including phenoxy) is 1. The molecule has 81 heavy (non-hydrogen) atoms. The zero-order chi connectivity index (χ0) is 58.5. The maximum Gasteiger partial charge on any atom is 0.305 e. The molecule has 0 bridgehead atoms. The van der Waals surface area contributed by atoms with E-state index in [9.17, 15) is 19.8 Å². The van der Waals surface area contributed by atoms with Gasteiger partial charge in [-0.2, -0.15) is 0 Å². The van der Waals surface area contributed by atoms with E-state index in [-0.39, 0.29) is 18.5 Å². The van der Waals surface area contributed by atoms with E-state index in [1.54, 1.807) is 0 Å². The summed E-state index contributed by atoms with van der Waals surface area (Å²) in [5, 5.41) is 23.2. The molecule has 0 radical (unpaired) electrons. The third-order valence-corrected chi connectivity index (χ3v) is 17.2. The summed E-state index contributed by atoms with van der Waals surface area (Å²) in [5.41, 5.74) is 0. The van der Waals surface area contributed by atoms with Crippen molar-refractivity contribution in [2.24, 2.45) is 0 Å². The molecular weight excluding hydrogens is 995 g/mol. The number of allylic oxidation sites excluding steroid dienone is 6. The molecular formula is C75H143NO5. The lowest BCUT2D eigenvalue weighted by Gasteiger charge is -2.22. The number of hydrogen-bond donors (Lipinski definition) is 3. The van der Waals surface area contributed by atoms with Gasteiger partial charge in [0.2, 0.25) is 5.91 Å². The summed E-state index contributed by atoms with van der Waals surface area (Å²) in [4.78, 5) is 24.5. The summed E-state index contributed by atoms with van der Waals surface area (Å²) in [6.07, 6.45) is 90.8. The molecule has 0 saturated carbocycles. The van der Waals surface area contributed by atoms with Gasteiger partial charge in [0.1, 0.15) is 0 Å². The van der Waals surface area contributed by atoms with Gasteiger partial charge in [0.15, 0.2) is 0 Å². The molecule has 6 heteroatoms. The first kappa shape index (κ1) is 79.1. The van der Waals surface area contributed by atoms with Crippen molar-refractivity contribution in [3.8, 4) is 0 Å². The van der Waals surface area contributed by atoms with Gasteiger partial charge in [0.05, 0.1) is 25.4 Å². The van der Waals surface area contributed by atoms with Gasteiger partial charge < -0.3 is 20.3 Å². The first-order valence-corrected chi connectivity index (χ1v) is 36.7. The van der Waals surface area contributed by atoms with Crippen LogP contribution in [0.5, 0.6) is 0 Å². The maximum absolute atomic E-state index is 12.5. The zero-order valence-electron chi connectivity index (χ0n) is 54.8. The molecule has 0 aromatic rings. The second-order valence-corrected chi connectivity index (χ2v) is 25.3. The summed E-state index contributed by atoms with van der Waals surface area (Å²) in [6.45, 7) is 4.95. The summed E-state index contributed by atoms with van der Waals surface area (Å²) in [5.74, 6) is -0.0220. The van der Waals surface area contributed by atoms with Crippen molar-refractivity contribution in [2.45, 2.75) is 418 Å². The highest BCUT2D eigenvalue weighted by molar-refractivity contribution is 5.76. The van der Waals surface area contributed by atoms with Gasteiger partial charge in [-0.25, -0.2) is 0 Å². The number of rotatable bonds is 69. The second-order valence-electron chi connectivity index (χ2n) is 25.3. The Morgan fingerprint density at radius 1 is 0.346 bits per heavy atom. The minimum atomic E-state index is -0.660. The molecule has 3 N–H and O–H groups in total. The normalized spacial score (nSPS) is 12.7. The maximum atomic E-state index is 12.5. The lowest BCUT2D eigenvalue weighted by atomic mass is 10.0. The second kappa shape index (κ2) is 70.6. The molecule has 0 aliphatic heterocycles. The Balaban J connectivity index is 3.31. The van der Waals surface area contributed by atoms with E-state index >= 15 is 0 Å². The molecule has 0 aliphatic rings. The molecule has 478 valence electrons. The fraction of sp³-hybridized carbons (Fsp3) is 0.893. The third kappa shape index (κ3) is 67.1. The van der Waals surface area contributed by atoms with Crippen molar-refractivity contribution in [1.82, 2.24) is 5.32 Å². The number of unbranched alkanes of at least 4 members (excludes halogenated alkanes) is 52. The van der Waals surface area contributed by atoms with Crippen LogP contribution in [0.15, 0.2) is 36.5 Å². The van der Waals surface area contributed by atoms with E-state index < -0.39 is 12.1 Å². The Hall–Kier alpha value is -1.92. The topological polar surface area (TPSA) is 95.9 Å². The van der Waals surface area contributed by atoms with Crippen molar-refractivity contribution in [3.05, 3.63) is 36.5 Å². The molecule has 0 saturated heterocycles. The number of carbonyl (C=O) groups is 2. The van der Waals surface area contributed by atoms with Gasteiger partial charge in [0, 0.05) is 12.8 Å². The van der Waals surface area contributed by atoms with E-state index in [1.165, 1.54) is 321 Å². The molecule has 0 aromatic heterocycles. The van der Waals surface area contributed by atoms with Crippen LogP contribution in [-0.2, 0) is 14.3 Å². The lowest BCUT2D eigenvalue weighted by Crippen LogP contribution is -2.45. The van der Waals surface area contributed by atoms with Gasteiger partial charge in [-0.1, -0.05) is 346 Å². The van der Waals surface area contributed by atoms with Gasteiger partial charge in [-0.15, -0.1) is 0 Å². The quantitative estimate of drug-likeness (QED) is 0.0320. The van der Waals surface area contributed by atoms with Crippen molar-refractivity contribution < 1.29 is 24.5 Å². The molecule has 6 nitrogen and oxygen atoms in total. The van der Waals surface area contributed by atoms with Crippen LogP contribution in [0.4, 0.5) is 0 Å². The number of carbonyl (C=O) groups excluding carboxylic acids is 2. The van der Waals surface area contributed by atoms with E-state index in [2.05, 4.69) is 55.6 Å². The number of nitrogens with one attached hydrogen (secondary N) is 1. The number of esters is 1. The highest BCUT2D eigenvalue weighted by Crippen LogP contribution is 2.19. The van der Waals surface area contributed by atoms with Crippen LogP contribution in [0, 0.1) is 0 Å². The number of aliphatic hydroxyl groups excluding tert-OH is 2. The summed E-state index contributed by atoms with van der Waals surface area (Å²) < 4.78 is 5.49. The Bertz CT molecular complexity index is 1310. The number of aliphatic hydroxyl groups is 2. The van der Waals surface area contributed by atoms with Crippen LogP contribution in [0.2, 0.25) is 0 Å². The fourth-order valence-corrected chi connectivity index (χ4v) is 11.6. The molecule has 0 fully saturated rings. The van der Waals surface area contributed by atoms with Gasteiger partial charge in [0.25, 0.3) is 0 Å². The largest absolute Gasteiger partial charge is 0.466 e. The van der Waals surface area contributed by atoms with Crippen LogP contribution >= 0.6 is 0 Å². The monoisotopic (exact) mass is 1140 g/mol. The Labute approximate surface area is 506 Å². The SMILES string of the molecule is CCCCCC/C=C\C/C=C\CCCCCCCC(=O)OCCCCCCCCCCCCCCCCCC/C=C\CCCCCCCCCCCCCCCCCCCC(=O)NC(CO)C(O)CCCCCCCCCCCCC. The summed E-state index contributed by atoms with van der Waals surface area (Å²) in [6, 6.07) is -0.537. The van der Waals surface area contributed by atoms with E-state index in [1.807, 2.05) is 0 Å². The number of amides is 1. The predicted molar refractivity (Wildman–Crippen MR) is 356 cm³/mol. The van der Waals surface area contributed by atoms with Gasteiger partial charge in [-0.05, 0) is 83.5 Å². The Morgan fingerprint density at radius 2 is 0.617 bits per heavy atom. The van der Waals surface area contributed by atoms with Crippen molar-refractivity contribution >= 4 is 11.9 Å². The van der Waals surface area contributed by atoms with E-state index in [4.69, 9.17) is 4.74 Å². The molecule has 0 rings (SSSR count). The minimum absolute atomic E-state index is 0.00825. The van der Waals surface area contributed by atoms with Crippen molar-refractivity contribution in [1.29, 1.82) is 0 Å². The Kier molecular flexibility index (Phi) is 68.9. The fourth-order valence-electron chi connectivity index (χ4n) is 11.6. The lowest BCUT2D eigenvalue weighted by molar-refractivity contribution is -0.143. The van der Waals surface area contributed by atoms with Crippen LogP contribution in [0.3, 0.4) is 0 Å². The van der Waals surface area contributed by atoms with E-state index in [0.29, 0.717) is 25.9 Å². The van der Waals surface area contributed by atoms with Gasteiger partial charge in [-0.3, -0.25) is 9.59 Å². The zero-order valence-corrected chi connectivity index (χ0v) is 54.8. The Morgan fingerprint density at radius 3 is 0.963 bits per heavy atom. The summed E-state index contributed by atoms with van der Waals surface area (Å²) in [7, 11) is 0. The molecule has 0 spiro atoms. The van der Waals surface area contributed by atoms with E-state index in [0.717, 1.165) is 51.4 Å². The first-order valence-electron chi connectivity index (χ1n) is 36.7. The molecule has 0 aromatic carbocycles. The van der Waals surface area contributed by atoms with Crippen LogP contribution < -0.4 is 5.32 Å².